The van der Waals surface area contributed by atoms with Gasteiger partial charge in [-0.05, 0) is 51.7 Å². The van der Waals surface area contributed by atoms with Crippen LogP contribution in [0.25, 0.3) is 11.1 Å². The number of carbonyl (C=O) groups is 1. The Bertz CT molecular complexity index is 943. The Balaban J connectivity index is 1.73. The van der Waals surface area contributed by atoms with Gasteiger partial charge in [0.1, 0.15) is 11.6 Å². The van der Waals surface area contributed by atoms with Crippen molar-refractivity contribution in [2.24, 2.45) is 0 Å². The van der Waals surface area contributed by atoms with E-state index in [1.165, 1.54) is 0 Å². The van der Waals surface area contributed by atoms with Gasteiger partial charge in [-0.1, -0.05) is 48.3 Å². The van der Waals surface area contributed by atoms with Crippen LogP contribution in [0.3, 0.4) is 0 Å². The topological polar surface area (TPSA) is 41.6 Å². The van der Waals surface area contributed by atoms with E-state index >= 15 is 4.39 Å². The summed E-state index contributed by atoms with van der Waals surface area (Å²) in [5.41, 5.74) is 1.93. The van der Waals surface area contributed by atoms with Crippen LogP contribution in [-0.4, -0.2) is 40.8 Å². The summed E-state index contributed by atoms with van der Waals surface area (Å²) in [6.45, 7) is 7.48. The molecular formula is C25H31FN2O2S. The second-order valence-corrected chi connectivity index (χ2v) is 11.0. The number of carbonyl (C=O) groups excluding carboxylic acids is 1. The van der Waals surface area contributed by atoms with Gasteiger partial charge in [0.2, 0.25) is 5.91 Å². The number of amides is 1. The summed E-state index contributed by atoms with van der Waals surface area (Å²) in [4.78, 5) is 15.1. The molecule has 2 aromatic carbocycles. The normalized spacial score (nSPS) is 21.9. The Morgan fingerprint density at radius 3 is 2.71 bits per heavy atom. The molecule has 0 radical (unpaired) electrons. The molecule has 6 heteroatoms. The molecule has 1 saturated heterocycles. The minimum absolute atomic E-state index is 0.0559. The molecule has 166 valence electrons. The van der Waals surface area contributed by atoms with Crippen molar-refractivity contribution in [3.05, 3.63) is 53.8 Å². The van der Waals surface area contributed by atoms with Crippen LogP contribution in [0.5, 0.6) is 5.75 Å². The zero-order chi connectivity index (χ0) is 22.0. The van der Waals surface area contributed by atoms with E-state index < -0.39 is 0 Å². The van der Waals surface area contributed by atoms with E-state index in [2.05, 4.69) is 25.5 Å². The predicted molar refractivity (Wildman–Crippen MR) is 125 cm³/mol. The molecule has 2 aliphatic heterocycles. The molecular weight excluding hydrogens is 411 g/mol. The lowest BCUT2D eigenvalue weighted by atomic mass is 9.89. The lowest BCUT2D eigenvalue weighted by Crippen LogP contribution is -2.56. The van der Waals surface area contributed by atoms with Crippen LogP contribution in [0.1, 0.15) is 45.6 Å². The minimum Gasteiger partial charge on any atom is -0.492 e. The van der Waals surface area contributed by atoms with Gasteiger partial charge < -0.3 is 9.64 Å². The highest BCUT2D eigenvalue weighted by Gasteiger charge is 2.36. The molecule has 4 rings (SSSR count). The Labute approximate surface area is 188 Å². The predicted octanol–water partition coefficient (Wildman–Crippen LogP) is 5.21. The van der Waals surface area contributed by atoms with Crippen molar-refractivity contribution in [3.8, 4) is 16.9 Å². The fraction of sp³-hybridized carbons (Fsp3) is 0.480. The number of piperidine rings is 1. The molecule has 2 bridgehead atoms. The van der Waals surface area contributed by atoms with Crippen molar-refractivity contribution >= 4 is 17.9 Å². The summed E-state index contributed by atoms with van der Waals surface area (Å²) >= 11 is 1.69. The fourth-order valence-corrected chi connectivity index (χ4v) is 5.17. The summed E-state index contributed by atoms with van der Waals surface area (Å²) < 4.78 is 25.3. The van der Waals surface area contributed by atoms with Gasteiger partial charge in [0, 0.05) is 28.5 Å². The number of hydrogen-bond acceptors (Lipinski definition) is 4. The maximum absolute atomic E-state index is 15.7. The maximum Gasteiger partial charge on any atom is 0.226 e. The van der Waals surface area contributed by atoms with E-state index in [4.69, 9.17) is 4.74 Å². The summed E-state index contributed by atoms with van der Waals surface area (Å²) in [7, 11) is 0. The van der Waals surface area contributed by atoms with Gasteiger partial charge in [-0.25, -0.2) is 4.39 Å². The first-order chi connectivity index (χ1) is 14.8. The number of ether oxygens (including phenoxy) is 1. The van der Waals surface area contributed by atoms with Crippen molar-refractivity contribution < 1.29 is 13.9 Å². The molecule has 0 spiro atoms. The second-order valence-electron chi connectivity index (χ2n) is 9.31. The summed E-state index contributed by atoms with van der Waals surface area (Å²) in [5.74, 6) is 0.467. The molecule has 0 saturated carbocycles. The SMILES string of the molecule is CC(C)(C)SNC1CCCN2C(=O)CCOc3ccccc3-c3cccc(c3F)CC12. The summed E-state index contributed by atoms with van der Waals surface area (Å²) in [6, 6.07) is 13.1. The van der Waals surface area contributed by atoms with Crippen LogP contribution in [0.2, 0.25) is 0 Å². The Morgan fingerprint density at radius 2 is 1.90 bits per heavy atom. The van der Waals surface area contributed by atoms with Crippen LogP contribution in [0.15, 0.2) is 42.5 Å². The first-order valence-electron chi connectivity index (χ1n) is 11.1. The van der Waals surface area contributed by atoms with Crippen molar-refractivity contribution in [3.63, 3.8) is 0 Å². The van der Waals surface area contributed by atoms with Gasteiger partial charge in [0.15, 0.2) is 0 Å². The van der Waals surface area contributed by atoms with Crippen LogP contribution in [0.4, 0.5) is 4.39 Å². The summed E-state index contributed by atoms with van der Waals surface area (Å²) in [6.07, 6.45) is 2.73. The number of para-hydroxylation sites is 1. The molecule has 0 aromatic heterocycles. The van der Waals surface area contributed by atoms with Crippen LogP contribution in [-0.2, 0) is 11.2 Å². The standard InChI is InChI=1S/C25H31FN2O2S/c1-25(2,3)31-27-20-11-7-14-28-21(20)16-17-8-6-10-19(24(17)26)18-9-4-5-12-22(18)30-15-13-23(28)29/h4-6,8-10,12,20-21,27H,7,11,13-16H2,1-3H3. The number of hydrogen-bond donors (Lipinski definition) is 1. The number of nitrogens with zero attached hydrogens (tertiary/aromatic N) is 1. The molecule has 4 nitrogen and oxygen atoms in total. The highest BCUT2D eigenvalue weighted by atomic mass is 32.2. The third-order valence-electron chi connectivity index (χ3n) is 5.87. The van der Waals surface area contributed by atoms with E-state index in [1.807, 2.05) is 47.4 Å². The van der Waals surface area contributed by atoms with Crippen molar-refractivity contribution in [1.82, 2.24) is 9.62 Å². The molecule has 2 unspecified atom stereocenters. The van der Waals surface area contributed by atoms with Crippen molar-refractivity contribution in [2.45, 2.75) is 63.3 Å². The summed E-state index contributed by atoms with van der Waals surface area (Å²) in [5, 5.41) is 0. The first kappa shape index (κ1) is 22.2. The largest absolute Gasteiger partial charge is 0.492 e. The Kier molecular flexibility index (Phi) is 6.58. The van der Waals surface area contributed by atoms with Crippen LogP contribution in [0, 0.1) is 5.82 Å². The van der Waals surface area contributed by atoms with Crippen molar-refractivity contribution in [1.29, 1.82) is 0 Å². The maximum atomic E-state index is 15.7. The minimum atomic E-state index is -0.223. The van der Waals surface area contributed by atoms with Gasteiger partial charge in [0.05, 0.1) is 19.1 Å². The quantitative estimate of drug-likeness (QED) is 0.648. The molecule has 31 heavy (non-hydrogen) atoms. The molecule has 2 atom stereocenters. The average molecular weight is 443 g/mol. The van der Waals surface area contributed by atoms with E-state index in [1.54, 1.807) is 11.9 Å². The molecule has 1 N–H and O–H groups in total. The third-order valence-corrected chi connectivity index (χ3v) is 6.91. The zero-order valence-electron chi connectivity index (χ0n) is 18.5. The van der Waals surface area contributed by atoms with E-state index in [0.717, 1.165) is 18.4 Å². The number of halogens is 1. The second kappa shape index (κ2) is 9.21. The lowest BCUT2D eigenvalue weighted by Gasteiger charge is -2.42. The lowest BCUT2D eigenvalue weighted by molar-refractivity contribution is -0.136. The van der Waals surface area contributed by atoms with Crippen LogP contribution >= 0.6 is 11.9 Å². The number of benzene rings is 2. The fourth-order valence-electron chi connectivity index (χ4n) is 4.39. The molecule has 0 aliphatic carbocycles. The van der Waals surface area contributed by atoms with E-state index in [0.29, 0.717) is 36.3 Å². The number of fused-ring (bicyclic) bond motifs is 5. The van der Waals surface area contributed by atoms with Crippen molar-refractivity contribution in [2.75, 3.05) is 13.2 Å². The van der Waals surface area contributed by atoms with Gasteiger partial charge in [-0.2, -0.15) is 0 Å². The van der Waals surface area contributed by atoms with Gasteiger partial charge >= 0.3 is 0 Å². The Morgan fingerprint density at radius 1 is 1.13 bits per heavy atom. The average Bonchev–Trinajstić information content (AvgIpc) is 2.73. The van der Waals surface area contributed by atoms with Gasteiger partial charge in [-0.15, -0.1) is 0 Å². The third kappa shape index (κ3) is 5.07. The molecule has 1 amide bonds. The highest BCUT2D eigenvalue weighted by Crippen LogP contribution is 2.35. The zero-order valence-corrected chi connectivity index (χ0v) is 19.3. The van der Waals surface area contributed by atoms with E-state index in [-0.39, 0.29) is 35.2 Å². The monoisotopic (exact) mass is 442 g/mol. The molecule has 2 aliphatic rings. The smallest absolute Gasteiger partial charge is 0.226 e. The number of rotatable bonds is 2. The molecule has 2 aromatic rings. The first-order valence-corrected chi connectivity index (χ1v) is 11.9. The number of nitrogens with one attached hydrogen (secondary N) is 1. The Hall–Kier alpha value is -2.05. The van der Waals surface area contributed by atoms with Crippen LogP contribution < -0.4 is 9.46 Å². The van der Waals surface area contributed by atoms with Gasteiger partial charge in [-0.3, -0.25) is 9.52 Å². The molecule has 2 heterocycles. The molecule has 1 fully saturated rings. The van der Waals surface area contributed by atoms with Gasteiger partial charge in [0.25, 0.3) is 0 Å². The van der Waals surface area contributed by atoms with E-state index in [9.17, 15) is 4.79 Å². The highest BCUT2D eigenvalue weighted by molar-refractivity contribution is 7.98.